The van der Waals surface area contributed by atoms with Crippen LogP contribution in [0.4, 0.5) is 5.69 Å². The number of aryl methyl sites for hydroxylation is 2. The Kier molecular flexibility index (Phi) is 2.35. The van der Waals surface area contributed by atoms with Gasteiger partial charge in [0.05, 0.1) is 11.1 Å². The van der Waals surface area contributed by atoms with Gasteiger partial charge in [-0.05, 0) is 25.0 Å². The maximum absolute atomic E-state index is 11.7. The van der Waals surface area contributed by atoms with Crippen LogP contribution in [0.3, 0.4) is 0 Å². The fourth-order valence-electron chi connectivity index (χ4n) is 1.76. The highest BCUT2D eigenvalue weighted by molar-refractivity contribution is 7.97. The normalized spacial score (nSPS) is 18.1. The molecule has 1 aliphatic heterocycles. The highest BCUT2D eigenvalue weighted by Gasteiger charge is 2.32. The Bertz CT molecular complexity index is 567. The van der Waals surface area contributed by atoms with Gasteiger partial charge in [0.25, 0.3) is 15.9 Å². The molecule has 5 heteroatoms. The molecule has 1 aromatic rings. The minimum atomic E-state index is -3.63. The van der Waals surface area contributed by atoms with Gasteiger partial charge in [-0.3, -0.25) is 4.79 Å². The first-order chi connectivity index (χ1) is 7.43. The maximum Gasteiger partial charge on any atom is 0.265 e. The molecule has 0 atom stereocenters. The summed E-state index contributed by atoms with van der Waals surface area (Å²) in [5, 5.41) is 0.932. The third-order valence-corrected chi connectivity index (χ3v) is 3.83. The van der Waals surface area contributed by atoms with E-state index >= 15 is 0 Å². The molecule has 1 amide bonds. The number of anilines is 1. The Balaban J connectivity index is 2.67. The van der Waals surface area contributed by atoms with Gasteiger partial charge in [0.2, 0.25) is 0 Å². The van der Waals surface area contributed by atoms with Crippen LogP contribution in [0.1, 0.15) is 11.1 Å². The summed E-state index contributed by atoms with van der Waals surface area (Å²) in [5.41, 5.74) is 1.98. The average Bonchev–Trinajstić information content (AvgIpc) is 2.44. The second-order valence-corrected chi connectivity index (χ2v) is 5.36. The van der Waals surface area contributed by atoms with E-state index in [-0.39, 0.29) is 0 Å². The third kappa shape index (κ3) is 1.53. The summed E-state index contributed by atoms with van der Waals surface area (Å²) in [6.07, 6.45) is 1.07. The van der Waals surface area contributed by atoms with E-state index in [9.17, 15) is 13.2 Å². The lowest BCUT2D eigenvalue weighted by atomic mass is 10.1. The monoisotopic (exact) mass is 237 g/mol. The van der Waals surface area contributed by atoms with Gasteiger partial charge in [0.1, 0.15) is 0 Å². The predicted molar refractivity (Wildman–Crippen MR) is 61.5 cm³/mol. The van der Waals surface area contributed by atoms with E-state index in [0.717, 1.165) is 26.9 Å². The zero-order valence-electron chi connectivity index (χ0n) is 8.97. The minimum Gasteiger partial charge on any atom is -0.268 e. The lowest BCUT2D eigenvalue weighted by Gasteiger charge is -2.19. The zero-order chi connectivity index (χ0) is 11.9. The van der Waals surface area contributed by atoms with Gasteiger partial charge in [-0.15, -0.1) is 0 Å². The van der Waals surface area contributed by atoms with Crippen molar-refractivity contribution in [1.82, 2.24) is 0 Å². The maximum atomic E-state index is 11.7. The Hall–Kier alpha value is -1.62. The fourth-order valence-corrected chi connectivity index (χ4v) is 3.03. The van der Waals surface area contributed by atoms with Crippen LogP contribution in [-0.4, -0.2) is 14.3 Å². The van der Waals surface area contributed by atoms with Crippen molar-refractivity contribution in [3.8, 4) is 0 Å². The Morgan fingerprint density at radius 2 is 1.69 bits per heavy atom. The van der Waals surface area contributed by atoms with Gasteiger partial charge in [0.15, 0.2) is 0 Å². The number of amides is 1. The molecule has 0 radical (unpaired) electrons. The molecule has 0 saturated carbocycles. The fraction of sp³-hybridized carbons (Fsp3) is 0.182. The molecule has 1 aliphatic rings. The van der Waals surface area contributed by atoms with E-state index < -0.39 is 15.9 Å². The first kappa shape index (κ1) is 10.9. The quantitative estimate of drug-likeness (QED) is 0.743. The minimum absolute atomic E-state index is 0.456. The number of carbonyl (C=O) groups is 1. The molecule has 0 bridgehead atoms. The van der Waals surface area contributed by atoms with Gasteiger partial charge >= 0.3 is 0 Å². The van der Waals surface area contributed by atoms with Crippen LogP contribution in [0.15, 0.2) is 29.7 Å². The highest BCUT2D eigenvalue weighted by atomic mass is 32.2. The molecule has 0 fully saturated rings. The summed E-state index contributed by atoms with van der Waals surface area (Å²) in [7, 11) is -3.63. The molecule has 1 aromatic carbocycles. The van der Waals surface area contributed by atoms with Crippen molar-refractivity contribution in [2.75, 3.05) is 4.31 Å². The number of sulfonamides is 1. The second-order valence-electron chi connectivity index (χ2n) is 3.69. The van der Waals surface area contributed by atoms with Crippen molar-refractivity contribution >= 4 is 21.6 Å². The molecule has 1 heterocycles. The summed E-state index contributed by atoms with van der Waals surface area (Å²) in [6, 6.07) is 5.39. The van der Waals surface area contributed by atoms with Crippen molar-refractivity contribution in [3.05, 3.63) is 40.8 Å². The summed E-state index contributed by atoms with van der Waals surface area (Å²) in [4.78, 5) is 11.6. The number of nitrogens with zero attached hydrogens (tertiary/aromatic N) is 1. The van der Waals surface area contributed by atoms with E-state index in [1.807, 2.05) is 6.07 Å². The standard InChI is InChI=1S/C11H11NO3S/c1-8-4-3-5-9(2)11(8)12-10(13)6-7-16(12,14)15/h3-7H,1-2H3. The lowest BCUT2D eigenvalue weighted by Crippen LogP contribution is -2.30. The first-order valence-electron chi connectivity index (χ1n) is 4.77. The molecular formula is C11H11NO3S. The van der Waals surface area contributed by atoms with Crippen LogP contribution in [0.5, 0.6) is 0 Å². The van der Waals surface area contributed by atoms with Crippen molar-refractivity contribution in [3.63, 3.8) is 0 Å². The molecule has 16 heavy (non-hydrogen) atoms. The smallest absolute Gasteiger partial charge is 0.265 e. The van der Waals surface area contributed by atoms with Crippen molar-refractivity contribution < 1.29 is 13.2 Å². The van der Waals surface area contributed by atoms with Gasteiger partial charge in [-0.25, -0.2) is 8.42 Å². The van der Waals surface area contributed by atoms with Crippen LogP contribution in [0, 0.1) is 13.8 Å². The van der Waals surface area contributed by atoms with Gasteiger partial charge in [-0.1, -0.05) is 18.2 Å². The SMILES string of the molecule is Cc1cccc(C)c1N1C(=O)C=CS1(=O)=O. The summed E-state index contributed by atoms with van der Waals surface area (Å²) in [5.74, 6) is -0.516. The topological polar surface area (TPSA) is 54.5 Å². The molecule has 84 valence electrons. The molecule has 0 saturated heterocycles. The first-order valence-corrected chi connectivity index (χ1v) is 6.27. The predicted octanol–water partition coefficient (Wildman–Crippen LogP) is 1.49. The molecule has 0 aliphatic carbocycles. The number of carbonyl (C=O) groups excluding carboxylic acids is 1. The van der Waals surface area contributed by atoms with Crippen LogP contribution in [-0.2, 0) is 14.8 Å². The van der Waals surface area contributed by atoms with E-state index in [2.05, 4.69) is 0 Å². The summed E-state index contributed by atoms with van der Waals surface area (Å²) < 4.78 is 24.2. The van der Waals surface area contributed by atoms with Crippen LogP contribution in [0.25, 0.3) is 0 Å². The van der Waals surface area contributed by atoms with Crippen LogP contribution < -0.4 is 4.31 Å². The van der Waals surface area contributed by atoms with E-state index in [0.29, 0.717) is 5.69 Å². The molecule has 0 unspecified atom stereocenters. The number of para-hydroxylation sites is 1. The Labute approximate surface area is 94.2 Å². The number of hydrogen-bond acceptors (Lipinski definition) is 3. The second kappa shape index (κ2) is 3.45. The van der Waals surface area contributed by atoms with Gasteiger partial charge in [-0.2, -0.15) is 4.31 Å². The Morgan fingerprint density at radius 1 is 1.12 bits per heavy atom. The summed E-state index contributed by atoms with van der Waals surface area (Å²) >= 11 is 0. The van der Waals surface area contributed by atoms with Crippen LogP contribution >= 0.6 is 0 Å². The number of benzene rings is 1. The number of hydrogen-bond donors (Lipinski definition) is 0. The molecule has 0 spiro atoms. The largest absolute Gasteiger partial charge is 0.268 e. The van der Waals surface area contributed by atoms with Crippen molar-refractivity contribution in [2.24, 2.45) is 0 Å². The van der Waals surface area contributed by atoms with E-state index in [1.54, 1.807) is 26.0 Å². The summed E-state index contributed by atoms with van der Waals surface area (Å²) in [6.45, 7) is 3.56. The van der Waals surface area contributed by atoms with E-state index in [1.165, 1.54) is 0 Å². The molecule has 0 aromatic heterocycles. The molecule has 0 N–H and O–H groups in total. The zero-order valence-corrected chi connectivity index (χ0v) is 9.78. The average molecular weight is 237 g/mol. The van der Waals surface area contributed by atoms with Gasteiger partial charge < -0.3 is 0 Å². The van der Waals surface area contributed by atoms with Crippen molar-refractivity contribution in [1.29, 1.82) is 0 Å². The highest BCUT2D eigenvalue weighted by Crippen LogP contribution is 2.30. The third-order valence-electron chi connectivity index (χ3n) is 2.48. The number of rotatable bonds is 1. The van der Waals surface area contributed by atoms with Gasteiger partial charge in [0, 0.05) is 6.08 Å². The van der Waals surface area contributed by atoms with Crippen molar-refractivity contribution in [2.45, 2.75) is 13.8 Å². The molecule has 4 nitrogen and oxygen atoms in total. The van der Waals surface area contributed by atoms with E-state index in [4.69, 9.17) is 0 Å². The Morgan fingerprint density at radius 3 is 2.12 bits per heavy atom. The lowest BCUT2D eigenvalue weighted by molar-refractivity contribution is -0.112. The molecular weight excluding hydrogens is 226 g/mol. The van der Waals surface area contributed by atoms with Crippen LogP contribution in [0.2, 0.25) is 0 Å². The molecule has 2 rings (SSSR count).